The number of carboxylic acids is 1. The van der Waals surface area contributed by atoms with Crippen LogP contribution in [0.25, 0.3) is 11.1 Å². The van der Waals surface area contributed by atoms with Gasteiger partial charge in [0.15, 0.2) is 0 Å². The number of carbonyl (C=O) groups excluding carboxylic acids is 2. The molecule has 4 rings (SSSR count). The molecule has 1 aliphatic heterocycles. The van der Waals surface area contributed by atoms with E-state index in [0.717, 1.165) is 35.1 Å². The minimum absolute atomic E-state index is 0.0701. The number of nitrogens with zero attached hydrogens (tertiary/aromatic N) is 1. The van der Waals surface area contributed by atoms with E-state index in [1.165, 1.54) is 16.7 Å². The maximum absolute atomic E-state index is 13.1. The highest BCUT2D eigenvalue weighted by Crippen LogP contribution is 2.44. The normalized spacial score (nSPS) is 17.8. The molecule has 2 aliphatic rings. The number of carboxylic acid groups (broad SMARTS) is 1. The lowest BCUT2D eigenvalue weighted by atomic mass is 9.98. The quantitative estimate of drug-likeness (QED) is 0.606. The Morgan fingerprint density at radius 1 is 1.12 bits per heavy atom. The minimum Gasteiger partial charge on any atom is -0.480 e. The summed E-state index contributed by atoms with van der Waals surface area (Å²) < 4.78 is 5.59. The summed E-state index contributed by atoms with van der Waals surface area (Å²) in [6, 6.07) is 14.5. The highest BCUT2D eigenvalue weighted by atomic mass is 32.2. The fourth-order valence-corrected chi connectivity index (χ4v) is 5.67. The standard InChI is InChI=1S/C25H28N2O5S/c1-2-3-12-21(23(28)27-15-33-14-22(27)24(29)30)26-25(31)32-13-20-18-10-6-4-8-16(18)17-9-5-7-11-19(17)20/h4-11,20-22H,2-3,12-15H2,1H3,(H,26,31)(H,29,30)/t21-,22-/m0/s1. The zero-order valence-electron chi connectivity index (χ0n) is 18.5. The number of carbonyl (C=O) groups is 3. The Bertz CT molecular complexity index is 997. The lowest BCUT2D eigenvalue weighted by Gasteiger charge is -2.26. The largest absolute Gasteiger partial charge is 0.480 e. The van der Waals surface area contributed by atoms with Crippen LogP contribution in [0.4, 0.5) is 4.79 Å². The van der Waals surface area contributed by atoms with Crippen molar-refractivity contribution in [3.05, 3.63) is 59.7 Å². The third-order valence-electron chi connectivity index (χ3n) is 6.23. The Morgan fingerprint density at radius 2 is 1.76 bits per heavy atom. The Morgan fingerprint density at radius 3 is 2.36 bits per heavy atom. The molecule has 2 amide bonds. The molecule has 1 saturated heterocycles. The van der Waals surface area contributed by atoms with E-state index in [0.29, 0.717) is 18.1 Å². The molecule has 7 nitrogen and oxygen atoms in total. The molecule has 0 radical (unpaired) electrons. The van der Waals surface area contributed by atoms with E-state index in [4.69, 9.17) is 4.74 Å². The van der Waals surface area contributed by atoms with Gasteiger partial charge in [-0.3, -0.25) is 4.79 Å². The molecule has 8 heteroatoms. The van der Waals surface area contributed by atoms with E-state index in [-0.39, 0.29) is 18.4 Å². The van der Waals surface area contributed by atoms with Gasteiger partial charge in [0.2, 0.25) is 5.91 Å². The highest BCUT2D eigenvalue weighted by molar-refractivity contribution is 7.99. The van der Waals surface area contributed by atoms with E-state index in [9.17, 15) is 19.5 Å². The molecule has 2 aromatic carbocycles. The number of benzene rings is 2. The molecule has 2 atom stereocenters. The third-order valence-corrected chi connectivity index (χ3v) is 7.24. The second-order valence-corrected chi connectivity index (χ2v) is 9.33. The summed E-state index contributed by atoms with van der Waals surface area (Å²) in [5, 5.41) is 12.1. The van der Waals surface area contributed by atoms with Gasteiger partial charge in [0.05, 0.1) is 5.88 Å². The van der Waals surface area contributed by atoms with Gasteiger partial charge in [-0.25, -0.2) is 9.59 Å². The van der Waals surface area contributed by atoms with Crippen LogP contribution in [0.2, 0.25) is 0 Å². The van der Waals surface area contributed by atoms with Crippen molar-refractivity contribution in [3.8, 4) is 11.1 Å². The number of thioether (sulfide) groups is 1. The summed E-state index contributed by atoms with van der Waals surface area (Å²) in [5.74, 6) is -0.797. The van der Waals surface area contributed by atoms with Crippen LogP contribution in [0, 0.1) is 0 Å². The molecule has 0 spiro atoms. The molecule has 0 unspecified atom stereocenters. The fraction of sp³-hybridized carbons (Fsp3) is 0.400. The minimum atomic E-state index is -1.02. The van der Waals surface area contributed by atoms with Crippen LogP contribution >= 0.6 is 11.8 Å². The van der Waals surface area contributed by atoms with Crippen LogP contribution in [0.1, 0.15) is 43.2 Å². The predicted molar refractivity (Wildman–Crippen MR) is 127 cm³/mol. The SMILES string of the molecule is CCCC[C@H](NC(=O)OCC1c2ccccc2-c2ccccc21)C(=O)N1CSC[C@H]1C(=O)O. The smallest absolute Gasteiger partial charge is 0.407 e. The first kappa shape index (κ1) is 23.2. The van der Waals surface area contributed by atoms with Crippen molar-refractivity contribution in [2.24, 2.45) is 0 Å². The molecule has 1 fully saturated rings. The van der Waals surface area contributed by atoms with Crippen molar-refractivity contribution in [1.82, 2.24) is 10.2 Å². The Labute approximate surface area is 197 Å². The second kappa shape index (κ2) is 10.3. The predicted octanol–water partition coefficient (Wildman–Crippen LogP) is 4.07. The molecule has 0 saturated carbocycles. The first-order valence-corrected chi connectivity index (χ1v) is 12.4. The van der Waals surface area contributed by atoms with Crippen molar-refractivity contribution >= 4 is 29.7 Å². The van der Waals surface area contributed by atoms with Gasteiger partial charge >= 0.3 is 12.1 Å². The van der Waals surface area contributed by atoms with E-state index in [2.05, 4.69) is 17.4 Å². The van der Waals surface area contributed by atoms with Crippen molar-refractivity contribution in [2.75, 3.05) is 18.2 Å². The second-order valence-electron chi connectivity index (χ2n) is 8.33. The van der Waals surface area contributed by atoms with Gasteiger partial charge in [0.25, 0.3) is 0 Å². The van der Waals surface area contributed by atoms with Gasteiger partial charge in [-0.2, -0.15) is 0 Å². The van der Waals surface area contributed by atoms with E-state index in [1.54, 1.807) is 0 Å². The average molecular weight is 469 g/mol. The van der Waals surface area contributed by atoms with Gasteiger partial charge in [0.1, 0.15) is 18.7 Å². The van der Waals surface area contributed by atoms with E-state index < -0.39 is 24.1 Å². The summed E-state index contributed by atoms with van der Waals surface area (Å²) in [4.78, 5) is 38.6. The molecule has 1 heterocycles. The van der Waals surface area contributed by atoms with Crippen LogP contribution < -0.4 is 5.32 Å². The summed E-state index contributed by atoms with van der Waals surface area (Å²) >= 11 is 1.40. The molecule has 2 aromatic rings. The number of amides is 2. The molecular weight excluding hydrogens is 440 g/mol. The monoisotopic (exact) mass is 468 g/mol. The number of nitrogens with one attached hydrogen (secondary N) is 1. The molecular formula is C25H28N2O5S. The topological polar surface area (TPSA) is 95.9 Å². The van der Waals surface area contributed by atoms with Gasteiger partial charge in [-0.1, -0.05) is 68.3 Å². The molecule has 0 aromatic heterocycles. The van der Waals surface area contributed by atoms with E-state index in [1.807, 2.05) is 43.3 Å². The van der Waals surface area contributed by atoms with Crippen molar-refractivity contribution in [2.45, 2.75) is 44.2 Å². The number of rotatable bonds is 8. The number of alkyl carbamates (subject to hydrolysis) is 1. The van der Waals surface area contributed by atoms with E-state index >= 15 is 0 Å². The average Bonchev–Trinajstić information content (AvgIpc) is 3.43. The summed E-state index contributed by atoms with van der Waals surface area (Å²) in [5.41, 5.74) is 4.51. The van der Waals surface area contributed by atoms with Gasteiger partial charge in [-0.15, -0.1) is 11.8 Å². The van der Waals surface area contributed by atoms with Crippen molar-refractivity contribution in [3.63, 3.8) is 0 Å². The van der Waals surface area contributed by atoms with Crippen molar-refractivity contribution in [1.29, 1.82) is 0 Å². The van der Waals surface area contributed by atoms with Crippen LogP contribution in [-0.4, -0.2) is 58.3 Å². The molecule has 0 bridgehead atoms. The summed E-state index contributed by atoms with van der Waals surface area (Å²) in [7, 11) is 0. The first-order chi connectivity index (χ1) is 16.0. The van der Waals surface area contributed by atoms with Crippen LogP contribution in [0.5, 0.6) is 0 Å². The Balaban J connectivity index is 1.43. The zero-order chi connectivity index (χ0) is 23.4. The number of aliphatic carboxylic acids is 1. The first-order valence-electron chi connectivity index (χ1n) is 11.2. The number of unbranched alkanes of at least 4 members (excludes halogenated alkanes) is 1. The summed E-state index contributed by atoms with van der Waals surface area (Å²) in [6.07, 6.45) is 1.36. The van der Waals surface area contributed by atoms with Gasteiger partial charge in [0, 0.05) is 11.7 Å². The molecule has 33 heavy (non-hydrogen) atoms. The van der Waals surface area contributed by atoms with Gasteiger partial charge in [-0.05, 0) is 28.7 Å². The molecule has 1 aliphatic carbocycles. The zero-order valence-corrected chi connectivity index (χ0v) is 19.3. The third kappa shape index (κ3) is 4.85. The number of ether oxygens (including phenoxy) is 1. The summed E-state index contributed by atoms with van der Waals surface area (Å²) in [6.45, 7) is 2.16. The lowest BCUT2D eigenvalue weighted by molar-refractivity contribution is -0.148. The number of hydrogen-bond donors (Lipinski definition) is 2. The number of fused-ring (bicyclic) bond motifs is 3. The van der Waals surface area contributed by atoms with Crippen LogP contribution in [-0.2, 0) is 14.3 Å². The van der Waals surface area contributed by atoms with Crippen LogP contribution in [0.3, 0.4) is 0 Å². The van der Waals surface area contributed by atoms with Crippen molar-refractivity contribution < 1.29 is 24.2 Å². The number of hydrogen-bond acceptors (Lipinski definition) is 5. The fourth-order valence-electron chi connectivity index (χ4n) is 4.51. The molecule has 2 N–H and O–H groups in total. The highest BCUT2D eigenvalue weighted by Gasteiger charge is 2.38. The Kier molecular flexibility index (Phi) is 7.23. The maximum Gasteiger partial charge on any atom is 0.407 e. The Hall–Kier alpha value is -3.00. The lowest BCUT2D eigenvalue weighted by Crippen LogP contribution is -2.52. The van der Waals surface area contributed by atoms with Gasteiger partial charge < -0.3 is 20.1 Å². The maximum atomic E-state index is 13.1. The van der Waals surface area contributed by atoms with Crippen LogP contribution in [0.15, 0.2) is 48.5 Å². The molecule has 174 valence electrons.